The summed E-state index contributed by atoms with van der Waals surface area (Å²) in [5, 5.41) is 0. The lowest BCUT2D eigenvalue weighted by atomic mass is 10.1. The molecular formula is C28H66O6P2S2. The van der Waals surface area contributed by atoms with Crippen LogP contribution in [-0.4, -0.2) is 29.4 Å². The smallest absolute Gasteiger partial charge is 0.319 e. The van der Waals surface area contributed by atoms with E-state index in [-0.39, 0.29) is 0 Å². The zero-order chi connectivity index (χ0) is 30.0. The third kappa shape index (κ3) is 90.6. The molecule has 0 aliphatic rings. The topological polar surface area (TPSA) is 121 Å². The molecule has 0 bridgehead atoms. The Morgan fingerprint density at radius 3 is 0.447 bits per heavy atom. The number of unbranched alkanes of at least 4 members (excludes halogenated alkanes) is 22. The average Bonchev–Trinajstić information content (AvgIpc) is 2.80. The Balaban J connectivity index is -0.000000225. The van der Waals surface area contributed by atoms with Gasteiger partial charge < -0.3 is 29.4 Å². The van der Waals surface area contributed by atoms with Crippen LogP contribution >= 0.6 is 13.4 Å². The Kier molecular flexibility index (Phi) is 46.1. The Hall–Kier alpha value is 1.06. The molecule has 10 heteroatoms. The van der Waals surface area contributed by atoms with Crippen molar-refractivity contribution < 1.29 is 29.4 Å². The van der Waals surface area contributed by atoms with Gasteiger partial charge >= 0.3 is 13.4 Å². The lowest BCUT2D eigenvalue weighted by Gasteiger charge is -2.01. The van der Waals surface area contributed by atoms with Crippen LogP contribution in [0, 0.1) is 0 Å². The minimum absolute atomic E-state index is 1.37. The van der Waals surface area contributed by atoms with E-state index in [1.54, 1.807) is 0 Å². The van der Waals surface area contributed by atoms with Crippen molar-refractivity contribution in [1.82, 2.24) is 0 Å². The van der Waals surface area contributed by atoms with Crippen LogP contribution in [0.1, 0.15) is 182 Å². The molecular weight excluding hydrogens is 558 g/mol. The lowest BCUT2D eigenvalue weighted by molar-refractivity contribution is 0.361. The SMILES string of the molecule is CCCCCCCCCCCCCC.CCCCCCCCCCCCCC.OP(O)(O)=S.OP(O)(O)=S. The molecule has 0 spiro atoms. The van der Waals surface area contributed by atoms with Crippen LogP contribution in [0.5, 0.6) is 0 Å². The Labute approximate surface area is 247 Å². The van der Waals surface area contributed by atoms with Crippen LogP contribution < -0.4 is 0 Å². The van der Waals surface area contributed by atoms with Crippen LogP contribution in [0.2, 0.25) is 0 Å². The van der Waals surface area contributed by atoms with Gasteiger partial charge in [0.2, 0.25) is 0 Å². The molecule has 0 aromatic heterocycles. The molecule has 0 saturated heterocycles. The predicted octanol–water partition coefficient (Wildman–Crippen LogP) is 9.79. The first-order valence-electron chi connectivity index (χ1n) is 15.4. The van der Waals surface area contributed by atoms with Gasteiger partial charge in [-0.1, -0.05) is 182 Å². The summed E-state index contributed by atoms with van der Waals surface area (Å²) >= 11 is 7.21. The van der Waals surface area contributed by atoms with Gasteiger partial charge in [0.1, 0.15) is 0 Å². The zero-order valence-corrected chi connectivity index (χ0v) is 28.8. The fourth-order valence-electron chi connectivity index (χ4n) is 3.83. The highest BCUT2D eigenvalue weighted by atomic mass is 32.5. The Morgan fingerprint density at radius 1 is 0.289 bits per heavy atom. The summed E-state index contributed by atoms with van der Waals surface area (Å²) in [4.78, 5) is 45.3. The van der Waals surface area contributed by atoms with Crippen molar-refractivity contribution in [2.24, 2.45) is 0 Å². The molecule has 0 unspecified atom stereocenters. The maximum atomic E-state index is 7.56. The molecule has 0 fully saturated rings. The zero-order valence-electron chi connectivity index (χ0n) is 25.4. The standard InChI is InChI=1S/2C14H30.2H3O3PS/c2*1-3-5-7-9-11-13-14-12-10-8-6-4-2;2*1-4(2,3)5/h2*3-14H2,1-2H3;2*(H3,1,2,3,5). The Bertz CT molecular complexity index is 417. The van der Waals surface area contributed by atoms with Crippen molar-refractivity contribution >= 4 is 37.1 Å². The van der Waals surface area contributed by atoms with Crippen molar-refractivity contribution in [2.45, 2.75) is 182 Å². The maximum Gasteiger partial charge on any atom is 0.319 e. The first-order chi connectivity index (χ1) is 17.8. The summed E-state index contributed by atoms with van der Waals surface area (Å²) in [5.41, 5.74) is 0. The van der Waals surface area contributed by atoms with Gasteiger partial charge in [0.05, 0.1) is 0 Å². The molecule has 38 heavy (non-hydrogen) atoms. The van der Waals surface area contributed by atoms with E-state index in [1.165, 1.54) is 154 Å². The normalized spacial score (nSPS) is 11.0. The summed E-state index contributed by atoms with van der Waals surface area (Å²) < 4.78 is 0. The summed E-state index contributed by atoms with van der Waals surface area (Å²) in [5.74, 6) is 0. The molecule has 0 aromatic rings. The van der Waals surface area contributed by atoms with Gasteiger partial charge in [-0.2, -0.15) is 0 Å². The second-order valence-corrected chi connectivity index (χ2v) is 15.1. The quantitative estimate of drug-likeness (QED) is 0.0520. The third-order valence-corrected chi connectivity index (χ3v) is 5.91. The van der Waals surface area contributed by atoms with Gasteiger partial charge in [0.15, 0.2) is 0 Å². The highest BCUT2D eigenvalue weighted by Crippen LogP contribution is 2.27. The average molecular weight is 625 g/mol. The van der Waals surface area contributed by atoms with E-state index in [9.17, 15) is 0 Å². The van der Waals surface area contributed by atoms with Gasteiger partial charge in [0.25, 0.3) is 0 Å². The van der Waals surface area contributed by atoms with Crippen LogP contribution in [0.3, 0.4) is 0 Å². The molecule has 0 rings (SSSR count). The molecule has 0 saturated carbocycles. The van der Waals surface area contributed by atoms with E-state index in [0.29, 0.717) is 0 Å². The molecule has 0 aliphatic carbocycles. The molecule has 0 heterocycles. The van der Waals surface area contributed by atoms with Gasteiger partial charge in [-0.15, -0.1) is 0 Å². The van der Waals surface area contributed by atoms with Crippen molar-refractivity contribution in [1.29, 1.82) is 0 Å². The molecule has 0 amide bonds. The van der Waals surface area contributed by atoms with Gasteiger partial charge in [0, 0.05) is 0 Å². The van der Waals surface area contributed by atoms with Crippen molar-refractivity contribution in [3.05, 3.63) is 0 Å². The first-order valence-corrected chi connectivity index (χ1v) is 20.7. The summed E-state index contributed by atoms with van der Waals surface area (Å²) in [6.07, 6.45) is 34.9. The molecule has 0 radical (unpaired) electrons. The van der Waals surface area contributed by atoms with E-state index in [4.69, 9.17) is 29.4 Å². The van der Waals surface area contributed by atoms with Crippen molar-refractivity contribution in [3.63, 3.8) is 0 Å². The largest absolute Gasteiger partial charge is 0.325 e. The molecule has 0 aliphatic heterocycles. The molecule has 236 valence electrons. The van der Waals surface area contributed by atoms with Crippen molar-refractivity contribution in [3.8, 4) is 0 Å². The summed E-state index contributed by atoms with van der Waals surface area (Å²) in [7, 11) is 0. The van der Waals surface area contributed by atoms with Crippen LogP contribution in [-0.2, 0) is 23.6 Å². The van der Waals surface area contributed by atoms with Gasteiger partial charge in [-0.3, -0.25) is 0 Å². The first kappa shape index (κ1) is 46.0. The fraction of sp³-hybridized carbons (Fsp3) is 1.00. The Morgan fingerprint density at radius 2 is 0.368 bits per heavy atom. The third-order valence-electron chi connectivity index (χ3n) is 5.91. The highest BCUT2D eigenvalue weighted by molar-refractivity contribution is 8.06. The lowest BCUT2D eigenvalue weighted by Crippen LogP contribution is -1.81. The molecule has 6 N–H and O–H groups in total. The summed E-state index contributed by atoms with van der Waals surface area (Å²) in [6, 6.07) is 0. The second-order valence-electron chi connectivity index (χ2n) is 10.1. The van der Waals surface area contributed by atoms with E-state index in [2.05, 4.69) is 51.3 Å². The number of hydrogen-bond donors (Lipinski definition) is 6. The molecule has 6 nitrogen and oxygen atoms in total. The predicted molar refractivity (Wildman–Crippen MR) is 175 cm³/mol. The van der Waals surface area contributed by atoms with Crippen molar-refractivity contribution in [2.75, 3.05) is 0 Å². The van der Waals surface area contributed by atoms with Crippen LogP contribution in [0.15, 0.2) is 0 Å². The number of hydrogen-bond acceptors (Lipinski definition) is 2. The van der Waals surface area contributed by atoms with E-state index < -0.39 is 13.4 Å². The van der Waals surface area contributed by atoms with E-state index >= 15 is 0 Å². The van der Waals surface area contributed by atoms with Crippen LogP contribution in [0.4, 0.5) is 0 Å². The van der Waals surface area contributed by atoms with Crippen LogP contribution in [0.25, 0.3) is 0 Å². The molecule has 0 aromatic carbocycles. The minimum atomic E-state index is -3.81. The van der Waals surface area contributed by atoms with E-state index in [0.717, 1.165) is 0 Å². The van der Waals surface area contributed by atoms with Gasteiger partial charge in [-0.05, 0) is 23.6 Å². The highest BCUT2D eigenvalue weighted by Gasteiger charge is 1.94. The van der Waals surface area contributed by atoms with E-state index in [1.807, 2.05) is 0 Å². The minimum Gasteiger partial charge on any atom is -0.325 e. The number of rotatable bonds is 22. The fourth-order valence-corrected chi connectivity index (χ4v) is 3.83. The van der Waals surface area contributed by atoms with Gasteiger partial charge in [-0.25, -0.2) is 0 Å². The maximum absolute atomic E-state index is 7.56. The second kappa shape index (κ2) is 38.1. The summed E-state index contributed by atoms with van der Waals surface area (Å²) in [6.45, 7) is 1.53. The monoisotopic (exact) mass is 624 g/mol. The molecule has 0 atom stereocenters.